The molecule has 0 aliphatic carbocycles. The van der Waals surface area contributed by atoms with Gasteiger partial charge in [-0.15, -0.1) is 11.3 Å². The Kier molecular flexibility index (Phi) is 7.70. The molecule has 0 saturated carbocycles. The van der Waals surface area contributed by atoms with Crippen LogP contribution in [0.5, 0.6) is 11.8 Å². The minimum absolute atomic E-state index is 0.00684. The Labute approximate surface area is 279 Å². The van der Waals surface area contributed by atoms with Crippen molar-refractivity contribution in [1.29, 1.82) is 5.26 Å². The highest BCUT2D eigenvalue weighted by atomic mass is 35.5. The van der Waals surface area contributed by atoms with Crippen LogP contribution in [0.1, 0.15) is 31.2 Å². The number of thiophene rings is 1. The fourth-order valence-electron chi connectivity index (χ4n) is 7.80. The summed E-state index contributed by atoms with van der Waals surface area (Å²) in [4.78, 5) is 12.5. The largest absolute Gasteiger partial charge is 0.489 e. The zero-order valence-electron chi connectivity index (χ0n) is 25.2. The van der Waals surface area contributed by atoms with Gasteiger partial charge in [-0.1, -0.05) is 17.7 Å². The monoisotopic (exact) mass is 706 g/mol. The maximum Gasteiger partial charge on any atom is 0.319 e. The van der Waals surface area contributed by atoms with Crippen molar-refractivity contribution in [2.24, 2.45) is 0 Å². The van der Waals surface area contributed by atoms with Gasteiger partial charge in [0.15, 0.2) is 11.6 Å². The van der Waals surface area contributed by atoms with Crippen LogP contribution in [0, 0.1) is 23.0 Å². The van der Waals surface area contributed by atoms with Gasteiger partial charge in [0.1, 0.15) is 53.6 Å². The van der Waals surface area contributed by atoms with E-state index < -0.39 is 48.5 Å². The molecule has 0 amide bonds. The first kappa shape index (κ1) is 31.6. The van der Waals surface area contributed by atoms with Crippen molar-refractivity contribution in [3.05, 3.63) is 34.4 Å². The summed E-state index contributed by atoms with van der Waals surface area (Å²) in [6, 6.07) is 1.97. The maximum atomic E-state index is 17.1. The maximum absolute atomic E-state index is 17.1. The number of alkyl halides is 3. The van der Waals surface area contributed by atoms with E-state index in [0.717, 1.165) is 23.8 Å². The van der Waals surface area contributed by atoms with Crippen molar-refractivity contribution in [1.82, 2.24) is 14.9 Å². The molecule has 0 radical (unpaired) electrons. The molecule has 48 heavy (non-hydrogen) atoms. The Bertz CT molecular complexity index is 2010. The van der Waals surface area contributed by atoms with Gasteiger partial charge in [-0.3, -0.25) is 4.90 Å². The molecule has 3 saturated heterocycles. The molecule has 2 N–H and O–H groups in total. The van der Waals surface area contributed by atoms with Gasteiger partial charge in [-0.2, -0.15) is 15.2 Å². The molecule has 6 heterocycles. The number of rotatable bonds is 6. The van der Waals surface area contributed by atoms with Gasteiger partial charge in [0.05, 0.1) is 38.9 Å². The highest BCUT2D eigenvalue weighted by Gasteiger charge is 2.50. The van der Waals surface area contributed by atoms with E-state index in [0.29, 0.717) is 26.0 Å². The second-order valence-electron chi connectivity index (χ2n) is 12.6. The molecule has 9 nitrogen and oxygen atoms in total. The summed E-state index contributed by atoms with van der Waals surface area (Å²) < 4.78 is 93.9. The summed E-state index contributed by atoms with van der Waals surface area (Å²) in [6.07, 6.45) is -1.75. The van der Waals surface area contributed by atoms with Gasteiger partial charge < -0.3 is 24.8 Å². The average molecular weight is 707 g/mol. The first-order valence-electron chi connectivity index (χ1n) is 15.5. The normalized spacial score (nSPS) is 25.5. The number of anilines is 2. The van der Waals surface area contributed by atoms with E-state index in [9.17, 15) is 22.8 Å². The van der Waals surface area contributed by atoms with Crippen molar-refractivity contribution in [2.45, 2.75) is 55.9 Å². The fourth-order valence-corrected chi connectivity index (χ4v) is 9.08. The molecular formula is C32H28ClF5N6O3S. The van der Waals surface area contributed by atoms with E-state index in [4.69, 9.17) is 31.5 Å². The molecule has 252 valence electrons. The first-order chi connectivity index (χ1) is 23.1. The summed E-state index contributed by atoms with van der Waals surface area (Å²) in [7, 11) is 0. The van der Waals surface area contributed by atoms with Crippen molar-refractivity contribution in [3.8, 4) is 29.0 Å². The van der Waals surface area contributed by atoms with Crippen molar-refractivity contribution >= 4 is 54.7 Å². The topological polar surface area (TPSA) is 110 Å². The minimum atomic E-state index is -2.91. The highest BCUT2D eigenvalue weighted by Crippen LogP contribution is 2.52. The number of nitriles is 1. The van der Waals surface area contributed by atoms with E-state index in [1.54, 1.807) is 0 Å². The minimum Gasteiger partial charge on any atom is -0.489 e. The molecule has 16 heteroatoms. The number of fused-ring (bicyclic) bond motifs is 2. The summed E-state index contributed by atoms with van der Waals surface area (Å²) in [5, 5.41) is 9.63. The van der Waals surface area contributed by atoms with Gasteiger partial charge in [-0.25, -0.2) is 22.0 Å². The third-order valence-electron chi connectivity index (χ3n) is 9.96. The zero-order chi connectivity index (χ0) is 33.5. The number of aromatic nitrogens is 2. The smallest absolute Gasteiger partial charge is 0.319 e. The molecule has 4 aliphatic heterocycles. The van der Waals surface area contributed by atoms with Gasteiger partial charge in [0, 0.05) is 30.5 Å². The number of hydrogen-bond donors (Lipinski definition) is 1. The van der Waals surface area contributed by atoms with Crippen LogP contribution in [0.4, 0.5) is 32.8 Å². The van der Waals surface area contributed by atoms with Gasteiger partial charge in [-0.05, 0) is 37.4 Å². The van der Waals surface area contributed by atoms with Gasteiger partial charge in [0.25, 0.3) is 6.43 Å². The van der Waals surface area contributed by atoms with E-state index in [-0.39, 0.29) is 91.5 Å². The lowest BCUT2D eigenvalue weighted by molar-refractivity contribution is 0.0811. The van der Waals surface area contributed by atoms with Crippen LogP contribution < -0.4 is 20.1 Å². The van der Waals surface area contributed by atoms with Crippen LogP contribution in [-0.2, 0) is 4.74 Å². The van der Waals surface area contributed by atoms with Crippen LogP contribution in [0.25, 0.3) is 32.1 Å². The zero-order valence-corrected chi connectivity index (χ0v) is 26.8. The van der Waals surface area contributed by atoms with Crippen molar-refractivity contribution < 1.29 is 36.2 Å². The van der Waals surface area contributed by atoms with Crippen LogP contribution in [-0.4, -0.2) is 84.6 Å². The highest BCUT2D eigenvalue weighted by molar-refractivity contribution is 7.23. The third-order valence-corrected chi connectivity index (χ3v) is 11.4. The molecule has 4 aromatic rings. The van der Waals surface area contributed by atoms with Crippen LogP contribution >= 0.6 is 22.9 Å². The predicted molar refractivity (Wildman–Crippen MR) is 170 cm³/mol. The molecule has 3 fully saturated rings. The summed E-state index contributed by atoms with van der Waals surface area (Å²) in [5.74, 6) is -1.86. The second kappa shape index (κ2) is 11.7. The quantitative estimate of drug-likeness (QED) is 0.226. The molecular weight excluding hydrogens is 679 g/mol. The van der Waals surface area contributed by atoms with Crippen LogP contribution in [0.2, 0.25) is 5.02 Å². The standard InChI is InChI=1S/C32H28ClF5N6O3S/c33-23-21(16-2-3-18(35)27-20(16)17(9-39)29(40)48-27)24(36)25-22-26(23)46-12-19(28(37)38)44(15-4-7-45-11-15)30(22)42-31(41-25)47-13-32-5-1-6-43(32)10-14(34)8-32/h2-3,14-15,19,28H,1,4-8,10-13,40H2/t14-,15-,19-,32+/m1/s1. The van der Waals surface area contributed by atoms with E-state index in [1.807, 2.05) is 11.0 Å². The molecule has 0 spiro atoms. The van der Waals surface area contributed by atoms with Gasteiger partial charge in [0.2, 0.25) is 0 Å². The number of halogens is 6. The molecule has 0 bridgehead atoms. The number of nitrogens with zero attached hydrogens (tertiary/aromatic N) is 5. The molecule has 8 rings (SSSR count). The molecule has 2 aromatic heterocycles. The summed E-state index contributed by atoms with van der Waals surface area (Å²) in [6.45, 7) is 0.899. The number of ether oxygens (including phenoxy) is 3. The lowest BCUT2D eigenvalue weighted by Gasteiger charge is -2.35. The predicted octanol–water partition coefficient (Wildman–Crippen LogP) is 6.47. The molecule has 2 aromatic carbocycles. The Hall–Kier alpha value is -3.71. The lowest BCUT2D eigenvalue weighted by atomic mass is 9.95. The second-order valence-corrected chi connectivity index (χ2v) is 14.1. The molecule has 4 atom stereocenters. The SMILES string of the molecule is N#Cc1c(N)sc2c(F)ccc(-c3c(Cl)c4c5c(nc(OC[C@@]67CCCN6C[C@H](F)C7)nc5c3F)N([C@@H]3CCOC3)[C@@H](C(F)F)CO4)c12. The van der Waals surface area contributed by atoms with Crippen molar-refractivity contribution in [2.75, 3.05) is 50.2 Å². The number of benzene rings is 2. The van der Waals surface area contributed by atoms with E-state index >= 15 is 4.39 Å². The summed E-state index contributed by atoms with van der Waals surface area (Å²) >= 11 is 7.75. The summed E-state index contributed by atoms with van der Waals surface area (Å²) in [5.41, 5.74) is 4.81. The number of nitrogen functional groups attached to an aromatic ring is 1. The van der Waals surface area contributed by atoms with Crippen LogP contribution in [0.3, 0.4) is 0 Å². The number of hydrogen-bond acceptors (Lipinski definition) is 10. The average Bonchev–Trinajstić information content (AvgIpc) is 3.82. The Morgan fingerprint density at radius 1 is 1.23 bits per heavy atom. The molecule has 4 aliphatic rings. The number of nitrogens with two attached hydrogens (primary N) is 1. The van der Waals surface area contributed by atoms with Gasteiger partial charge >= 0.3 is 6.01 Å². The van der Waals surface area contributed by atoms with Crippen molar-refractivity contribution in [3.63, 3.8) is 0 Å². The Morgan fingerprint density at radius 3 is 2.81 bits per heavy atom. The Balaban J connectivity index is 1.37. The van der Waals surface area contributed by atoms with E-state index in [2.05, 4.69) is 9.97 Å². The first-order valence-corrected chi connectivity index (χ1v) is 16.7. The van der Waals surface area contributed by atoms with E-state index in [1.165, 1.54) is 11.0 Å². The Morgan fingerprint density at radius 2 is 2.06 bits per heavy atom. The molecule has 0 unspecified atom stereocenters. The fraction of sp³-hybridized carbons (Fsp3) is 0.469. The van der Waals surface area contributed by atoms with Crippen LogP contribution in [0.15, 0.2) is 12.1 Å². The third kappa shape index (κ3) is 4.74. The lowest BCUT2D eigenvalue weighted by Crippen LogP contribution is -2.50.